The summed E-state index contributed by atoms with van der Waals surface area (Å²) < 4.78 is 5.58. The molecule has 0 bridgehead atoms. The summed E-state index contributed by atoms with van der Waals surface area (Å²) in [7, 11) is 0. The Labute approximate surface area is 113 Å². The van der Waals surface area contributed by atoms with Gasteiger partial charge in [0.2, 0.25) is 0 Å². The first-order valence-corrected chi connectivity index (χ1v) is 6.47. The molecule has 0 fully saturated rings. The van der Waals surface area contributed by atoms with E-state index in [-0.39, 0.29) is 5.54 Å². The van der Waals surface area contributed by atoms with Gasteiger partial charge in [-0.3, -0.25) is 0 Å². The fourth-order valence-corrected chi connectivity index (χ4v) is 1.77. The molecule has 1 aromatic carbocycles. The predicted molar refractivity (Wildman–Crippen MR) is 74.3 cm³/mol. The quantitative estimate of drug-likeness (QED) is 0.816. The fourth-order valence-electron chi connectivity index (χ4n) is 1.31. The van der Waals surface area contributed by atoms with Crippen LogP contribution in [-0.4, -0.2) is 18.7 Å². The lowest BCUT2D eigenvalue weighted by Gasteiger charge is -2.20. The van der Waals surface area contributed by atoms with Crippen molar-refractivity contribution in [2.24, 2.45) is 0 Å². The van der Waals surface area contributed by atoms with Crippen LogP contribution >= 0.6 is 23.2 Å². The first-order valence-electron chi connectivity index (χ1n) is 5.71. The molecule has 0 aromatic heterocycles. The van der Waals surface area contributed by atoms with E-state index < -0.39 is 0 Å². The molecular formula is C13H19Cl2NO. The number of nitrogens with one attached hydrogen (secondary N) is 1. The fraction of sp³-hybridized carbons (Fsp3) is 0.538. The van der Waals surface area contributed by atoms with Gasteiger partial charge in [0.25, 0.3) is 0 Å². The molecule has 0 spiro atoms. The molecule has 0 atom stereocenters. The second-order valence-corrected chi connectivity index (χ2v) is 5.80. The minimum absolute atomic E-state index is 0.151. The van der Waals surface area contributed by atoms with Gasteiger partial charge in [-0.1, -0.05) is 23.2 Å². The van der Waals surface area contributed by atoms with Crippen LogP contribution in [0.15, 0.2) is 18.2 Å². The molecule has 0 saturated heterocycles. The van der Waals surface area contributed by atoms with Gasteiger partial charge in [0.05, 0.1) is 11.6 Å². The average Bonchev–Trinajstić information content (AvgIpc) is 2.18. The Morgan fingerprint density at radius 3 is 2.53 bits per heavy atom. The lowest BCUT2D eigenvalue weighted by Crippen LogP contribution is -2.36. The maximum Gasteiger partial charge on any atom is 0.137 e. The summed E-state index contributed by atoms with van der Waals surface area (Å²) in [6.07, 6.45) is 0.941. The first kappa shape index (κ1) is 14.6. The zero-order chi connectivity index (χ0) is 12.9. The smallest absolute Gasteiger partial charge is 0.137 e. The van der Waals surface area contributed by atoms with E-state index in [4.69, 9.17) is 27.9 Å². The van der Waals surface area contributed by atoms with E-state index in [1.54, 1.807) is 18.2 Å². The molecule has 0 radical (unpaired) electrons. The van der Waals surface area contributed by atoms with Gasteiger partial charge in [-0.2, -0.15) is 0 Å². The Bertz CT molecular complexity index is 361. The highest BCUT2D eigenvalue weighted by Gasteiger charge is 2.07. The molecule has 96 valence electrons. The number of benzene rings is 1. The predicted octanol–water partition coefficient (Wildman–Crippen LogP) is 4.15. The highest BCUT2D eigenvalue weighted by molar-refractivity contribution is 6.35. The molecule has 17 heavy (non-hydrogen) atoms. The molecule has 4 heteroatoms. The van der Waals surface area contributed by atoms with E-state index in [0.29, 0.717) is 22.4 Å². The number of hydrogen-bond donors (Lipinski definition) is 1. The van der Waals surface area contributed by atoms with Crippen LogP contribution in [0, 0.1) is 0 Å². The number of rotatable bonds is 5. The Balaban J connectivity index is 2.27. The summed E-state index contributed by atoms with van der Waals surface area (Å²) in [5.74, 6) is 0.687. The zero-order valence-electron chi connectivity index (χ0n) is 10.5. The molecule has 0 aliphatic rings. The van der Waals surface area contributed by atoms with Crippen LogP contribution in [0.25, 0.3) is 0 Å². The van der Waals surface area contributed by atoms with Crippen molar-refractivity contribution in [3.05, 3.63) is 28.2 Å². The molecule has 1 N–H and O–H groups in total. The minimum atomic E-state index is 0.151. The van der Waals surface area contributed by atoms with Crippen LogP contribution < -0.4 is 10.1 Å². The number of ether oxygens (including phenoxy) is 1. The van der Waals surface area contributed by atoms with E-state index >= 15 is 0 Å². The van der Waals surface area contributed by atoms with Crippen molar-refractivity contribution in [2.45, 2.75) is 32.7 Å². The van der Waals surface area contributed by atoms with Crippen LogP contribution in [0.3, 0.4) is 0 Å². The van der Waals surface area contributed by atoms with Crippen molar-refractivity contribution in [2.75, 3.05) is 13.2 Å². The maximum atomic E-state index is 5.99. The molecule has 2 nitrogen and oxygen atoms in total. The molecule has 0 saturated carbocycles. The Hall–Kier alpha value is -0.440. The van der Waals surface area contributed by atoms with Crippen molar-refractivity contribution in [1.29, 1.82) is 0 Å². The van der Waals surface area contributed by atoms with Crippen molar-refractivity contribution >= 4 is 23.2 Å². The van der Waals surface area contributed by atoms with Gasteiger partial charge in [-0.25, -0.2) is 0 Å². The molecular weight excluding hydrogens is 257 g/mol. The molecule has 1 aromatic rings. The molecule has 0 heterocycles. The monoisotopic (exact) mass is 275 g/mol. The van der Waals surface area contributed by atoms with Crippen LogP contribution in [0.5, 0.6) is 5.75 Å². The van der Waals surface area contributed by atoms with Gasteiger partial charge in [0.1, 0.15) is 5.75 Å². The highest BCUT2D eigenvalue weighted by atomic mass is 35.5. The summed E-state index contributed by atoms with van der Waals surface area (Å²) in [6.45, 7) is 8.00. The van der Waals surface area contributed by atoms with Gasteiger partial charge in [0, 0.05) is 10.6 Å². The van der Waals surface area contributed by atoms with Crippen molar-refractivity contribution < 1.29 is 4.74 Å². The van der Waals surface area contributed by atoms with Gasteiger partial charge < -0.3 is 10.1 Å². The van der Waals surface area contributed by atoms with Gasteiger partial charge in [0.15, 0.2) is 0 Å². The molecule has 0 amide bonds. The number of hydrogen-bond acceptors (Lipinski definition) is 2. The van der Waals surface area contributed by atoms with Crippen LogP contribution in [0.4, 0.5) is 0 Å². The Morgan fingerprint density at radius 2 is 1.94 bits per heavy atom. The van der Waals surface area contributed by atoms with Gasteiger partial charge >= 0.3 is 0 Å². The minimum Gasteiger partial charge on any atom is -0.492 e. The van der Waals surface area contributed by atoms with Crippen molar-refractivity contribution in [1.82, 2.24) is 5.32 Å². The molecule has 0 aliphatic heterocycles. The van der Waals surface area contributed by atoms with Crippen molar-refractivity contribution in [3.8, 4) is 5.75 Å². The largest absolute Gasteiger partial charge is 0.492 e. The first-order chi connectivity index (χ1) is 7.88. The summed E-state index contributed by atoms with van der Waals surface area (Å²) in [6, 6.07) is 5.25. The Kier molecular flexibility index (Phi) is 5.57. The summed E-state index contributed by atoms with van der Waals surface area (Å²) in [4.78, 5) is 0. The molecule has 0 unspecified atom stereocenters. The normalized spacial score (nSPS) is 11.6. The van der Waals surface area contributed by atoms with E-state index in [2.05, 4.69) is 26.1 Å². The average molecular weight is 276 g/mol. The summed E-state index contributed by atoms with van der Waals surface area (Å²) >= 11 is 11.8. The van der Waals surface area contributed by atoms with Crippen molar-refractivity contribution in [3.63, 3.8) is 0 Å². The lowest BCUT2D eigenvalue weighted by atomic mass is 10.1. The SMILES string of the molecule is CC(C)(C)NCCCOc1ccc(Cl)cc1Cl. The lowest BCUT2D eigenvalue weighted by molar-refractivity contribution is 0.298. The standard InChI is InChI=1S/C13H19Cl2NO/c1-13(2,3)16-7-4-8-17-12-6-5-10(14)9-11(12)15/h5-6,9,16H,4,7-8H2,1-3H3. The Morgan fingerprint density at radius 1 is 1.24 bits per heavy atom. The molecule has 1 rings (SSSR count). The maximum absolute atomic E-state index is 5.99. The second kappa shape index (κ2) is 6.48. The van der Waals surface area contributed by atoms with Crippen LogP contribution in [0.1, 0.15) is 27.2 Å². The molecule has 0 aliphatic carbocycles. The summed E-state index contributed by atoms with van der Waals surface area (Å²) in [5, 5.41) is 4.58. The number of halogens is 2. The van der Waals surface area contributed by atoms with Crippen LogP contribution in [-0.2, 0) is 0 Å². The topological polar surface area (TPSA) is 21.3 Å². The third-order valence-corrected chi connectivity index (χ3v) is 2.66. The van der Waals surface area contributed by atoms with E-state index in [0.717, 1.165) is 13.0 Å². The third kappa shape index (κ3) is 6.16. The second-order valence-electron chi connectivity index (χ2n) is 4.95. The van der Waals surface area contributed by atoms with Gasteiger partial charge in [-0.05, 0) is 51.9 Å². The summed E-state index contributed by atoms with van der Waals surface area (Å²) in [5.41, 5.74) is 0.151. The van der Waals surface area contributed by atoms with Crippen LogP contribution in [0.2, 0.25) is 10.0 Å². The van der Waals surface area contributed by atoms with E-state index in [9.17, 15) is 0 Å². The highest BCUT2D eigenvalue weighted by Crippen LogP contribution is 2.27. The zero-order valence-corrected chi connectivity index (χ0v) is 12.0. The van der Waals surface area contributed by atoms with E-state index in [1.165, 1.54) is 0 Å². The van der Waals surface area contributed by atoms with E-state index in [1.807, 2.05) is 0 Å². The third-order valence-electron chi connectivity index (χ3n) is 2.13. The van der Waals surface area contributed by atoms with Gasteiger partial charge in [-0.15, -0.1) is 0 Å².